The molecule has 1 unspecified atom stereocenters. The van der Waals surface area contributed by atoms with Crippen LogP contribution < -0.4 is 5.32 Å². The lowest BCUT2D eigenvalue weighted by molar-refractivity contribution is -0.138. The summed E-state index contributed by atoms with van der Waals surface area (Å²) >= 11 is 1.63. The number of benzene rings is 1. The Kier molecular flexibility index (Phi) is 7.29. The summed E-state index contributed by atoms with van der Waals surface area (Å²) in [7, 11) is 0. The highest BCUT2D eigenvalue weighted by Gasteiger charge is 2.19. The van der Waals surface area contributed by atoms with Crippen molar-refractivity contribution in [2.24, 2.45) is 5.92 Å². The molecule has 0 saturated heterocycles. The average molecular weight is 309 g/mol. The lowest BCUT2D eigenvalue weighted by Crippen LogP contribution is -2.40. The third kappa shape index (κ3) is 7.18. The van der Waals surface area contributed by atoms with Gasteiger partial charge in [-0.2, -0.15) is 0 Å². The number of nitrogens with one attached hydrogen (secondary N) is 1. The van der Waals surface area contributed by atoms with E-state index in [1.54, 1.807) is 11.8 Å². The van der Waals surface area contributed by atoms with E-state index in [-0.39, 0.29) is 24.3 Å². The molecular formula is C16H23NO3S. The van der Waals surface area contributed by atoms with Crippen LogP contribution in [0.15, 0.2) is 29.2 Å². The van der Waals surface area contributed by atoms with Crippen molar-refractivity contribution in [1.82, 2.24) is 5.32 Å². The van der Waals surface area contributed by atoms with Gasteiger partial charge in [-0.05, 0) is 25.0 Å². The molecule has 0 spiro atoms. The summed E-state index contributed by atoms with van der Waals surface area (Å²) in [6.07, 6.45) is 0.357. The Morgan fingerprint density at radius 1 is 1.24 bits per heavy atom. The number of rotatable bonds is 8. The molecule has 0 heterocycles. The van der Waals surface area contributed by atoms with Crippen LogP contribution >= 0.6 is 11.8 Å². The fourth-order valence-electron chi connectivity index (χ4n) is 1.82. The molecule has 0 aliphatic rings. The molecule has 0 aliphatic carbocycles. The number of amides is 1. The molecule has 116 valence electrons. The maximum atomic E-state index is 11.9. The van der Waals surface area contributed by atoms with E-state index in [0.717, 1.165) is 4.90 Å². The maximum absolute atomic E-state index is 11.9. The Morgan fingerprint density at radius 2 is 1.86 bits per heavy atom. The summed E-state index contributed by atoms with van der Waals surface area (Å²) in [5.41, 5.74) is 1.21. The van der Waals surface area contributed by atoms with Crippen LogP contribution in [0, 0.1) is 12.8 Å². The van der Waals surface area contributed by atoms with Crippen LogP contribution in [0.2, 0.25) is 0 Å². The largest absolute Gasteiger partial charge is 0.481 e. The lowest BCUT2D eigenvalue weighted by atomic mass is 10.0. The summed E-state index contributed by atoms with van der Waals surface area (Å²) in [4.78, 5) is 23.8. The van der Waals surface area contributed by atoms with Crippen LogP contribution in [0.1, 0.15) is 32.3 Å². The zero-order valence-electron chi connectivity index (χ0n) is 12.8. The number of carboxylic acid groups (broad SMARTS) is 1. The van der Waals surface area contributed by atoms with Gasteiger partial charge in [0.2, 0.25) is 5.91 Å². The van der Waals surface area contributed by atoms with Crippen LogP contribution in [0.25, 0.3) is 0 Å². The van der Waals surface area contributed by atoms with Gasteiger partial charge in [-0.1, -0.05) is 31.5 Å². The monoisotopic (exact) mass is 309 g/mol. The highest BCUT2D eigenvalue weighted by Crippen LogP contribution is 2.19. The molecule has 1 rings (SSSR count). The van der Waals surface area contributed by atoms with Crippen molar-refractivity contribution in [3.05, 3.63) is 29.8 Å². The number of carbonyl (C=O) groups excluding carboxylic acids is 1. The molecule has 21 heavy (non-hydrogen) atoms. The number of carbonyl (C=O) groups is 2. The van der Waals surface area contributed by atoms with Crippen molar-refractivity contribution >= 4 is 23.6 Å². The van der Waals surface area contributed by atoms with E-state index in [1.807, 2.05) is 45.0 Å². The van der Waals surface area contributed by atoms with Crippen LogP contribution in [0.5, 0.6) is 0 Å². The third-order valence-corrected chi connectivity index (χ3v) is 4.18. The zero-order chi connectivity index (χ0) is 15.8. The molecular weight excluding hydrogens is 286 g/mol. The number of thioether (sulfide) groups is 1. The van der Waals surface area contributed by atoms with Gasteiger partial charge in [-0.15, -0.1) is 11.8 Å². The van der Waals surface area contributed by atoms with Gasteiger partial charge in [0.15, 0.2) is 0 Å². The predicted molar refractivity (Wildman–Crippen MR) is 85.5 cm³/mol. The standard InChI is InChI=1S/C16H23NO3S/c1-11(2)14(10-16(19)20)17-15(18)8-9-21-13-6-4-12(3)5-7-13/h4-7,11,14H,8-10H2,1-3H3,(H,17,18)(H,19,20). The van der Waals surface area contributed by atoms with Gasteiger partial charge in [0.25, 0.3) is 0 Å². The number of aliphatic carboxylic acids is 1. The SMILES string of the molecule is Cc1ccc(SCCC(=O)NC(CC(=O)O)C(C)C)cc1. The van der Waals surface area contributed by atoms with E-state index in [2.05, 4.69) is 5.32 Å². The van der Waals surface area contributed by atoms with Gasteiger partial charge in [0.1, 0.15) is 0 Å². The van der Waals surface area contributed by atoms with Crippen LogP contribution in [-0.4, -0.2) is 28.8 Å². The second kappa shape index (κ2) is 8.72. The zero-order valence-corrected chi connectivity index (χ0v) is 13.6. The van der Waals surface area contributed by atoms with Crippen LogP contribution in [0.4, 0.5) is 0 Å². The summed E-state index contributed by atoms with van der Waals surface area (Å²) in [6.45, 7) is 5.86. The highest BCUT2D eigenvalue weighted by molar-refractivity contribution is 7.99. The van der Waals surface area contributed by atoms with Crippen molar-refractivity contribution in [2.45, 2.75) is 44.6 Å². The highest BCUT2D eigenvalue weighted by atomic mass is 32.2. The Balaban J connectivity index is 2.35. The molecule has 1 aromatic carbocycles. The quantitative estimate of drug-likeness (QED) is 0.724. The van der Waals surface area contributed by atoms with Gasteiger partial charge in [0.05, 0.1) is 6.42 Å². The second-order valence-electron chi connectivity index (χ2n) is 5.43. The summed E-state index contributed by atoms with van der Waals surface area (Å²) in [5, 5.41) is 11.6. The Morgan fingerprint density at radius 3 is 2.38 bits per heavy atom. The minimum atomic E-state index is -0.886. The Labute approximate surface area is 130 Å². The van der Waals surface area contributed by atoms with Crippen molar-refractivity contribution in [3.63, 3.8) is 0 Å². The molecule has 1 amide bonds. The van der Waals surface area contributed by atoms with E-state index >= 15 is 0 Å². The van der Waals surface area contributed by atoms with E-state index < -0.39 is 5.97 Å². The van der Waals surface area contributed by atoms with E-state index in [4.69, 9.17) is 5.11 Å². The second-order valence-corrected chi connectivity index (χ2v) is 6.60. The fourth-order valence-corrected chi connectivity index (χ4v) is 2.67. The maximum Gasteiger partial charge on any atom is 0.305 e. The number of hydrogen-bond donors (Lipinski definition) is 2. The third-order valence-electron chi connectivity index (χ3n) is 3.16. The normalized spacial score (nSPS) is 12.2. The number of aryl methyl sites for hydroxylation is 1. The first-order valence-corrected chi connectivity index (χ1v) is 8.07. The molecule has 0 radical (unpaired) electrons. The molecule has 0 aromatic heterocycles. The fraction of sp³-hybridized carbons (Fsp3) is 0.500. The first-order chi connectivity index (χ1) is 9.88. The molecule has 0 aliphatic heterocycles. The average Bonchev–Trinajstić information content (AvgIpc) is 2.39. The number of carboxylic acids is 1. The van der Waals surface area contributed by atoms with Gasteiger partial charge in [-0.25, -0.2) is 0 Å². The molecule has 5 heteroatoms. The molecule has 0 bridgehead atoms. The molecule has 1 atom stereocenters. The molecule has 0 fully saturated rings. The molecule has 0 saturated carbocycles. The van der Waals surface area contributed by atoms with Crippen molar-refractivity contribution in [3.8, 4) is 0 Å². The van der Waals surface area contributed by atoms with E-state index in [9.17, 15) is 9.59 Å². The predicted octanol–water partition coefficient (Wildman–Crippen LogP) is 3.09. The summed E-state index contributed by atoms with van der Waals surface area (Å²) < 4.78 is 0. The van der Waals surface area contributed by atoms with Gasteiger partial charge < -0.3 is 10.4 Å². The Bertz CT molecular complexity index is 471. The van der Waals surface area contributed by atoms with Crippen LogP contribution in [0.3, 0.4) is 0 Å². The van der Waals surface area contributed by atoms with Crippen molar-refractivity contribution < 1.29 is 14.7 Å². The smallest absolute Gasteiger partial charge is 0.305 e. The van der Waals surface area contributed by atoms with Crippen LogP contribution in [-0.2, 0) is 9.59 Å². The minimum Gasteiger partial charge on any atom is -0.481 e. The summed E-state index contributed by atoms with van der Waals surface area (Å²) in [5.74, 6) is -0.181. The van der Waals surface area contributed by atoms with Gasteiger partial charge in [-0.3, -0.25) is 9.59 Å². The molecule has 4 nitrogen and oxygen atoms in total. The summed E-state index contributed by atoms with van der Waals surface area (Å²) in [6, 6.07) is 7.87. The van der Waals surface area contributed by atoms with E-state index in [0.29, 0.717) is 12.2 Å². The molecule has 2 N–H and O–H groups in total. The van der Waals surface area contributed by atoms with Crippen molar-refractivity contribution in [2.75, 3.05) is 5.75 Å². The Hall–Kier alpha value is -1.49. The van der Waals surface area contributed by atoms with Gasteiger partial charge >= 0.3 is 5.97 Å². The lowest BCUT2D eigenvalue weighted by Gasteiger charge is -2.20. The minimum absolute atomic E-state index is 0.0332. The first-order valence-electron chi connectivity index (χ1n) is 7.09. The topological polar surface area (TPSA) is 66.4 Å². The first kappa shape index (κ1) is 17.6. The van der Waals surface area contributed by atoms with Crippen molar-refractivity contribution in [1.29, 1.82) is 0 Å². The number of hydrogen-bond acceptors (Lipinski definition) is 3. The van der Waals surface area contributed by atoms with E-state index in [1.165, 1.54) is 5.56 Å². The van der Waals surface area contributed by atoms with Gasteiger partial charge in [0, 0.05) is 23.1 Å². The molecule has 1 aromatic rings.